The summed E-state index contributed by atoms with van der Waals surface area (Å²) in [7, 11) is 0. The molecule has 0 aromatic heterocycles. The summed E-state index contributed by atoms with van der Waals surface area (Å²) in [6.07, 6.45) is 1.47. The molecule has 0 spiro atoms. The molecule has 0 radical (unpaired) electrons. The summed E-state index contributed by atoms with van der Waals surface area (Å²) in [6.45, 7) is 5.42. The lowest BCUT2D eigenvalue weighted by Crippen LogP contribution is -2.11. The topological polar surface area (TPSA) is 75.3 Å². The minimum atomic E-state index is -0.571. The lowest BCUT2D eigenvalue weighted by Gasteiger charge is -2.06. The van der Waals surface area contributed by atoms with Gasteiger partial charge in [0, 0.05) is 13.2 Å². The minimum absolute atomic E-state index is 0.418. The fourth-order valence-electron chi connectivity index (χ4n) is 1.05. The molecule has 0 rings (SSSR count). The summed E-state index contributed by atoms with van der Waals surface area (Å²) in [5, 5.41) is 17.0. The van der Waals surface area contributed by atoms with Crippen LogP contribution < -0.4 is 0 Å². The second-order valence-corrected chi connectivity index (χ2v) is 3.44. The molecule has 0 aliphatic carbocycles. The molecule has 0 N–H and O–H groups in total. The molecule has 0 heterocycles. The van der Waals surface area contributed by atoms with E-state index in [1.807, 2.05) is 12.1 Å². The van der Waals surface area contributed by atoms with Gasteiger partial charge in [-0.25, -0.2) is 0 Å². The van der Waals surface area contributed by atoms with Crippen molar-refractivity contribution in [3.63, 3.8) is 0 Å². The van der Waals surface area contributed by atoms with Crippen LogP contribution in [0.4, 0.5) is 0 Å². The third kappa shape index (κ3) is 11.1. The summed E-state index contributed by atoms with van der Waals surface area (Å²) in [6, 6.07) is 3.79. The molecule has 0 saturated heterocycles. The first-order valence-electron chi connectivity index (χ1n) is 5.87. The Balaban J connectivity index is 3.09. The number of ether oxygens (including phenoxy) is 3. The van der Waals surface area contributed by atoms with Gasteiger partial charge >= 0.3 is 0 Å². The van der Waals surface area contributed by atoms with E-state index in [0.29, 0.717) is 39.5 Å². The lowest BCUT2D eigenvalue weighted by molar-refractivity contribution is 0.0137. The Morgan fingerprint density at radius 3 is 1.76 bits per heavy atom. The van der Waals surface area contributed by atoms with E-state index in [-0.39, 0.29) is 0 Å². The molecule has 0 amide bonds. The van der Waals surface area contributed by atoms with Crippen molar-refractivity contribution in [3.8, 4) is 12.1 Å². The molecule has 0 unspecified atom stereocenters. The molecule has 0 bridgehead atoms. The van der Waals surface area contributed by atoms with Gasteiger partial charge in [0.05, 0.1) is 38.6 Å². The summed E-state index contributed by atoms with van der Waals surface area (Å²) in [5.74, 6) is -0.571. The highest BCUT2D eigenvalue weighted by atomic mass is 16.5. The lowest BCUT2D eigenvalue weighted by atomic mass is 10.1. The molecule has 0 atom stereocenters. The average molecular weight is 240 g/mol. The highest BCUT2D eigenvalue weighted by Crippen LogP contribution is 1.98. The molecule has 5 nitrogen and oxygen atoms in total. The summed E-state index contributed by atoms with van der Waals surface area (Å²) < 4.78 is 15.7. The normalized spacial score (nSPS) is 10.1. The molecular formula is C12H20N2O3. The quantitative estimate of drug-likeness (QED) is 0.511. The third-order valence-corrected chi connectivity index (χ3v) is 1.96. The van der Waals surface area contributed by atoms with Crippen molar-refractivity contribution in [3.05, 3.63) is 0 Å². The SMILES string of the molecule is CCCOCCOCCOCCC(C#N)C#N. The molecule has 0 aromatic rings. The van der Waals surface area contributed by atoms with E-state index in [4.69, 9.17) is 24.7 Å². The van der Waals surface area contributed by atoms with Crippen molar-refractivity contribution in [2.75, 3.05) is 39.6 Å². The Hall–Kier alpha value is -1.14. The van der Waals surface area contributed by atoms with E-state index in [1.54, 1.807) is 0 Å². The number of rotatable bonds is 11. The zero-order valence-electron chi connectivity index (χ0n) is 10.4. The average Bonchev–Trinajstić information content (AvgIpc) is 2.36. The van der Waals surface area contributed by atoms with Gasteiger partial charge in [-0.15, -0.1) is 0 Å². The van der Waals surface area contributed by atoms with Crippen LogP contribution in [0.15, 0.2) is 0 Å². The first kappa shape index (κ1) is 15.9. The van der Waals surface area contributed by atoms with E-state index >= 15 is 0 Å². The monoisotopic (exact) mass is 240 g/mol. The first-order chi connectivity index (χ1) is 8.35. The molecule has 0 aliphatic rings. The summed E-state index contributed by atoms with van der Waals surface area (Å²) in [4.78, 5) is 0. The predicted molar refractivity (Wildman–Crippen MR) is 62.1 cm³/mol. The Labute approximate surface area is 103 Å². The Kier molecular flexibility index (Phi) is 12.1. The van der Waals surface area contributed by atoms with Crippen LogP contribution in [0, 0.1) is 28.6 Å². The van der Waals surface area contributed by atoms with Gasteiger partial charge in [-0.2, -0.15) is 10.5 Å². The standard InChI is InChI=1S/C12H20N2O3/c1-2-4-15-6-8-17-9-7-16-5-3-12(10-13)11-14/h12H,2-9H2,1H3. The van der Waals surface area contributed by atoms with E-state index < -0.39 is 5.92 Å². The number of nitriles is 2. The Morgan fingerprint density at radius 1 is 0.824 bits per heavy atom. The van der Waals surface area contributed by atoms with E-state index in [2.05, 4.69) is 6.92 Å². The molecule has 5 heteroatoms. The fourth-order valence-corrected chi connectivity index (χ4v) is 1.05. The first-order valence-corrected chi connectivity index (χ1v) is 5.87. The highest BCUT2D eigenvalue weighted by molar-refractivity contribution is 4.98. The summed E-state index contributed by atoms with van der Waals surface area (Å²) in [5.41, 5.74) is 0. The Morgan fingerprint density at radius 2 is 1.29 bits per heavy atom. The van der Waals surface area contributed by atoms with Gasteiger partial charge in [0.2, 0.25) is 0 Å². The largest absolute Gasteiger partial charge is 0.379 e. The van der Waals surface area contributed by atoms with Crippen LogP contribution in [0.1, 0.15) is 19.8 Å². The number of hydrogen-bond donors (Lipinski definition) is 0. The van der Waals surface area contributed by atoms with Crippen molar-refractivity contribution in [1.29, 1.82) is 10.5 Å². The minimum Gasteiger partial charge on any atom is -0.379 e. The summed E-state index contributed by atoms with van der Waals surface area (Å²) >= 11 is 0. The molecule has 0 fully saturated rings. The van der Waals surface area contributed by atoms with Crippen LogP contribution >= 0.6 is 0 Å². The van der Waals surface area contributed by atoms with Crippen molar-refractivity contribution in [2.24, 2.45) is 5.92 Å². The zero-order valence-corrected chi connectivity index (χ0v) is 10.4. The van der Waals surface area contributed by atoms with Crippen LogP contribution in [0.5, 0.6) is 0 Å². The fraction of sp³-hybridized carbons (Fsp3) is 0.833. The van der Waals surface area contributed by atoms with Gasteiger partial charge in [-0.05, 0) is 12.8 Å². The van der Waals surface area contributed by atoms with Gasteiger partial charge in [0.25, 0.3) is 0 Å². The molecule has 0 aliphatic heterocycles. The van der Waals surface area contributed by atoms with Gasteiger partial charge in [0.1, 0.15) is 5.92 Å². The third-order valence-electron chi connectivity index (χ3n) is 1.96. The molecule has 96 valence electrons. The van der Waals surface area contributed by atoms with Crippen LogP contribution in [0.25, 0.3) is 0 Å². The molecular weight excluding hydrogens is 220 g/mol. The second kappa shape index (κ2) is 12.9. The Bertz CT molecular complexity index is 231. The smallest absolute Gasteiger partial charge is 0.135 e. The van der Waals surface area contributed by atoms with Gasteiger partial charge in [-0.1, -0.05) is 6.92 Å². The molecule has 17 heavy (non-hydrogen) atoms. The van der Waals surface area contributed by atoms with Gasteiger partial charge in [0.15, 0.2) is 0 Å². The second-order valence-electron chi connectivity index (χ2n) is 3.44. The van der Waals surface area contributed by atoms with Crippen LogP contribution in [-0.2, 0) is 14.2 Å². The number of hydrogen-bond acceptors (Lipinski definition) is 5. The number of nitrogens with zero attached hydrogens (tertiary/aromatic N) is 2. The molecule has 0 aromatic carbocycles. The molecule has 0 saturated carbocycles. The predicted octanol–water partition coefficient (Wildman–Crippen LogP) is 1.50. The van der Waals surface area contributed by atoms with Crippen LogP contribution in [0.2, 0.25) is 0 Å². The zero-order chi connectivity index (χ0) is 12.8. The maximum absolute atomic E-state index is 8.50. The van der Waals surface area contributed by atoms with Crippen molar-refractivity contribution >= 4 is 0 Å². The van der Waals surface area contributed by atoms with Crippen molar-refractivity contribution in [2.45, 2.75) is 19.8 Å². The highest BCUT2D eigenvalue weighted by Gasteiger charge is 2.03. The van der Waals surface area contributed by atoms with Gasteiger partial charge < -0.3 is 14.2 Å². The van der Waals surface area contributed by atoms with Crippen LogP contribution in [-0.4, -0.2) is 39.6 Å². The van der Waals surface area contributed by atoms with E-state index in [9.17, 15) is 0 Å². The van der Waals surface area contributed by atoms with E-state index in [0.717, 1.165) is 13.0 Å². The van der Waals surface area contributed by atoms with Crippen molar-refractivity contribution < 1.29 is 14.2 Å². The maximum atomic E-state index is 8.50. The maximum Gasteiger partial charge on any atom is 0.135 e. The van der Waals surface area contributed by atoms with Gasteiger partial charge in [-0.3, -0.25) is 0 Å². The van der Waals surface area contributed by atoms with Crippen molar-refractivity contribution in [1.82, 2.24) is 0 Å². The van der Waals surface area contributed by atoms with Crippen LogP contribution in [0.3, 0.4) is 0 Å². The van der Waals surface area contributed by atoms with E-state index in [1.165, 1.54) is 0 Å².